The maximum absolute atomic E-state index is 12.7. The Bertz CT molecular complexity index is 1050. The minimum atomic E-state index is -1.73. The quantitative estimate of drug-likeness (QED) is 0.260. The predicted molar refractivity (Wildman–Crippen MR) is 135 cm³/mol. The average Bonchev–Trinajstić information content (AvgIpc) is 2.83. The Morgan fingerprint density at radius 1 is 1.14 bits per heavy atom. The molecule has 0 fully saturated rings. The highest BCUT2D eigenvalue weighted by atomic mass is 16.5. The fourth-order valence-corrected chi connectivity index (χ4v) is 3.60. The summed E-state index contributed by atoms with van der Waals surface area (Å²) in [6, 6.07) is 18.4. The largest absolute Gasteiger partial charge is 0.475 e. The molecular formula is C26H32BN3O5. The number of nitriles is 1. The molecule has 1 unspecified atom stereocenters. The van der Waals surface area contributed by atoms with Crippen molar-refractivity contribution in [1.29, 1.82) is 5.26 Å². The Hall–Kier alpha value is -3.61. The van der Waals surface area contributed by atoms with Gasteiger partial charge in [-0.05, 0) is 50.0 Å². The maximum atomic E-state index is 12.7. The van der Waals surface area contributed by atoms with Crippen molar-refractivity contribution in [3.05, 3.63) is 76.9 Å². The Morgan fingerprint density at radius 2 is 1.83 bits per heavy atom. The Morgan fingerprint density at radius 3 is 2.43 bits per heavy atom. The monoisotopic (exact) mass is 477 g/mol. The first-order valence-electron chi connectivity index (χ1n) is 11.6. The Balaban J connectivity index is 1.95. The van der Waals surface area contributed by atoms with E-state index in [4.69, 9.17) is 4.74 Å². The van der Waals surface area contributed by atoms with Gasteiger partial charge in [0.15, 0.2) is 0 Å². The molecule has 1 atom stereocenters. The summed E-state index contributed by atoms with van der Waals surface area (Å²) in [4.78, 5) is 26.5. The van der Waals surface area contributed by atoms with Crippen LogP contribution in [0.2, 0.25) is 0 Å². The third-order valence-electron chi connectivity index (χ3n) is 5.42. The van der Waals surface area contributed by atoms with Gasteiger partial charge in [-0.25, -0.2) is 4.79 Å². The van der Waals surface area contributed by atoms with Crippen LogP contribution in [0.15, 0.2) is 60.2 Å². The number of rotatable bonds is 11. The van der Waals surface area contributed by atoms with Gasteiger partial charge in [0, 0.05) is 19.0 Å². The Kier molecular flexibility index (Phi) is 11.0. The number of ether oxygens (including phenoxy) is 1. The number of hydrogen-bond donors (Lipinski definition) is 3. The lowest BCUT2D eigenvalue weighted by Crippen LogP contribution is -2.48. The SMILES string of the molecule is CCN(C(=O)C(C#N)=Cc1cccc(CCOC(=O)NC(Cc2ccccc2)B(O)O)c1)C(C)C. The molecule has 35 heavy (non-hydrogen) atoms. The van der Waals surface area contributed by atoms with Crippen LogP contribution in [-0.4, -0.2) is 59.2 Å². The van der Waals surface area contributed by atoms with E-state index >= 15 is 0 Å². The van der Waals surface area contributed by atoms with Crippen molar-refractivity contribution < 1.29 is 24.4 Å². The van der Waals surface area contributed by atoms with Gasteiger partial charge < -0.3 is 25.0 Å². The van der Waals surface area contributed by atoms with E-state index in [1.54, 1.807) is 23.1 Å². The first-order valence-corrected chi connectivity index (χ1v) is 11.6. The summed E-state index contributed by atoms with van der Waals surface area (Å²) < 4.78 is 5.22. The fourth-order valence-electron chi connectivity index (χ4n) is 3.60. The normalized spacial score (nSPS) is 12.0. The standard InChI is InChI=1S/C26H32BN3O5/c1-4-30(19(2)3)25(31)23(18-28)16-22-12-8-11-21(15-22)13-14-35-26(32)29-24(27(33)34)17-20-9-6-5-7-10-20/h5-12,15-16,19,24,33-34H,4,13-14,17H2,1-3H3,(H,29,32). The summed E-state index contributed by atoms with van der Waals surface area (Å²) in [5.74, 6) is -1.22. The topological polar surface area (TPSA) is 123 Å². The summed E-state index contributed by atoms with van der Waals surface area (Å²) in [7, 11) is -1.73. The number of likely N-dealkylation sites (N-methyl/N-ethyl adjacent to an activating group) is 1. The van der Waals surface area contributed by atoms with Gasteiger partial charge in [0.1, 0.15) is 11.6 Å². The summed E-state index contributed by atoms with van der Waals surface area (Å²) in [6.45, 7) is 6.25. The van der Waals surface area contributed by atoms with Crippen LogP contribution in [0.4, 0.5) is 4.79 Å². The molecule has 0 aliphatic heterocycles. The van der Waals surface area contributed by atoms with Crippen LogP contribution in [0.3, 0.4) is 0 Å². The zero-order chi connectivity index (χ0) is 25.8. The lowest BCUT2D eigenvalue weighted by Gasteiger charge is -2.24. The van der Waals surface area contributed by atoms with Gasteiger partial charge in [0.2, 0.25) is 0 Å². The van der Waals surface area contributed by atoms with E-state index in [1.165, 1.54) is 0 Å². The molecule has 0 saturated carbocycles. The van der Waals surface area contributed by atoms with Gasteiger partial charge >= 0.3 is 13.2 Å². The van der Waals surface area contributed by atoms with Gasteiger partial charge in [-0.3, -0.25) is 4.79 Å². The average molecular weight is 477 g/mol. The summed E-state index contributed by atoms with van der Waals surface area (Å²) in [5, 5.41) is 31.2. The fraction of sp³-hybridized carbons (Fsp3) is 0.346. The number of carbonyl (C=O) groups excluding carboxylic acids is 2. The minimum absolute atomic E-state index is 0.0156. The first-order chi connectivity index (χ1) is 16.7. The summed E-state index contributed by atoms with van der Waals surface area (Å²) in [5.41, 5.74) is 2.46. The van der Waals surface area contributed by atoms with Crippen molar-refractivity contribution in [2.75, 3.05) is 13.2 Å². The van der Waals surface area contributed by atoms with E-state index in [0.29, 0.717) is 18.5 Å². The lowest BCUT2D eigenvalue weighted by molar-refractivity contribution is -0.128. The number of carbonyl (C=O) groups is 2. The minimum Gasteiger partial charge on any atom is -0.449 e. The summed E-state index contributed by atoms with van der Waals surface area (Å²) >= 11 is 0. The third kappa shape index (κ3) is 8.93. The number of nitrogens with zero attached hydrogens (tertiary/aromatic N) is 2. The zero-order valence-corrected chi connectivity index (χ0v) is 20.3. The molecule has 184 valence electrons. The second kappa shape index (κ2) is 13.9. The molecule has 2 rings (SSSR count). The predicted octanol–water partition coefficient (Wildman–Crippen LogP) is 2.74. The van der Waals surface area contributed by atoms with Crippen molar-refractivity contribution >= 4 is 25.2 Å². The zero-order valence-electron chi connectivity index (χ0n) is 20.3. The van der Waals surface area contributed by atoms with Crippen molar-refractivity contribution in [3.63, 3.8) is 0 Å². The molecular weight excluding hydrogens is 445 g/mol. The molecule has 3 N–H and O–H groups in total. The van der Waals surface area contributed by atoms with Crippen LogP contribution >= 0.6 is 0 Å². The number of amides is 2. The number of benzene rings is 2. The van der Waals surface area contributed by atoms with Crippen LogP contribution in [-0.2, 0) is 22.4 Å². The second-order valence-electron chi connectivity index (χ2n) is 8.34. The molecule has 2 amide bonds. The van der Waals surface area contributed by atoms with E-state index in [-0.39, 0.29) is 30.5 Å². The lowest BCUT2D eigenvalue weighted by atomic mass is 9.76. The second-order valence-corrected chi connectivity index (χ2v) is 8.34. The molecule has 0 aromatic heterocycles. The van der Waals surface area contributed by atoms with Gasteiger partial charge in [0.25, 0.3) is 5.91 Å². The van der Waals surface area contributed by atoms with Crippen LogP contribution < -0.4 is 5.32 Å². The van der Waals surface area contributed by atoms with E-state index in [1.807, 2.05) is 69.3 Å². The van der Waals surface area contributed by atoms with Crippen LogP contribution in [0.1, 0.15) is 37.5 Å². The molecule has 0 spiro atoms. The van der Waals surface area contributed by atoms with Crippen molar-refractivity contribution in [3.8, 4) is 6.07 Å². The number of alkyl carbamates (subject to hydrolysis) is 1. The molecule has 0 saturated heterocycles. The van der Waals surface area contributed by atoms with E-state index in [2.05, 4.69) is 5.32 Å². The molecule has 2 aromatic carbocycles. The Labute approximate surface area is 207 Å². The van der Waals surface area contributed by atoms with Gasteiger partial charge in [-0.2, -0.15) is 5.26 Å². The maximum Gasteiger partial charge on any atom is 0.475 e. The highest BCUT2D eigenvalue weighted by molar-refractivity contribution is 6.43. The molecule has 9 heteroatoms. The smallest absolute Gasteiger partial charge is 0.449 e. The van der Waals surface area contributed by atoms with E-state index < -0.39 is 19.2 Å². The molecule has 0 bridgehead atoms. The highest BCUT2D eigenvalue weighted by Crippen LogP contribution is 2.14. The third-order valence-corrected chi connectivity index (χ3v) is 5.42. The molecule has 0 aliphatic carbocycles. The van der Waals surface area contributed by atoms with Gasteiger partial charge in [-0.15, -0.1) is 0 Å². The molecule has 0 aliphatic rings. The van der Waals surface area contributed by atoms with Crippen LogP contribution in [0, 0.1) is 11.3 Å². The number of hydrogen-bond acceptors (Lipinski definition) is 6. The van der Waals surface area contributed by atoms with Crippen molar-refractivity contribution in [1.82, 2.24) is 10.2 Å². The highest BCUT2D eigenvalue weighted by Gasteiger charge is 2.26. The van der Waals surface area contributed by atoms with Crippen molar-refractivity contribution in [2.45, 2.75) is 45.6 Å². The molecule has 8 nitrogen and oxygen atoms in total. The molecule has 0 radical (unpaired) electrons. The van der Waals surface area contributed by atoms with Crippen LogP contribution in [0.5, 0.6) is 0 Å². The van der Waals surface area contributed by atoms with Crippen molar-refractivity contribution in [2.24, 2.45) is 0 Å². The molecule has 2 aromatic rings. The number of nitrogens with one attached hydrogen (secondary N) is 1. The summed E-state index contributed by atoms with van der Waals surface area (Å²) in [6.07, 6.45) is 1.46. The molecule has 0 heterocycles. The van der Waals surface area contributed by atoms with Gasteiger partial charge in [-0.1, -0.05) is 54.6 Å². The van der Waals surface area contributed by atoms with E-state index in [0.717, 1.165) is 11.1 Å². The van der Waals surface area contributed by atoms with Gasteiger partial charge in [0.05, 0.1) is 12.5 Å². The first kappa shape index (κ1) is 27.6. The van der Waals surface area contributed by atoms with Crippen LogP contribution in [0.25, 0.3) is 6.08 Å². The van der Waals surface area contributed by atoms with E-state index in [9.17, 15) is 24.9 Å².